The number of hydrogen-bond donors (Lipinski definition) is 1. The van der Waals surface area contributed by atoms with Crippen LogP contribution in [-0.2, 0) is 4.79 Å². The molecule has 1 aliphatic rings. The standard InChI is InChI=1S/C17H21N5O3/c1-12(2)18-16(24)15-19-14(13-5-3-4-6-22(13)15)17(25)21-9-7-20(11-23)8-10-21/h3-6,11-12H,7-10H2,1-2H3,(H,18,24). The Labute approximate surface area is 145 Å². The summed E-state index contributed by atoms with van der Waals surface area (Å²) in [6, 6.07) is 5.34. The molecule has 1 saturated heterocycles. The summed E-state index contributed by atoms with van der Waals surface area (Å²) < 4.78 is 1.63. The highest BCUT2D eigenvalue weighted by Gasteiger charge is 2.27. The molecule has 0 aromatic carbocycles. The molecule has 0 atom stereocenters. The van der Waals surface area contributed by atoms with Crippen molar-refractivity contribution < 1.29 is 14.4 Å². The Morgan fingerprint density at radius 1 is 1.20 bits per heavy atom. The van der Waals surface area contributed by atoms with Gasteiger partial charge in [-0.2, -0.15) is 0 Å². The van der Waals surface area contributed by atoms with E-state index < -0.39 is 0 Å². The summed E-state index contributed by atoms with van der Waals surface area (Å²) in [7, 11) is 0. The van der Waals surface area contributed by atoms with Crippen LogP contribution in [0, 0.1) is 0 Å². The number of fused-ring (bicyclic) bond motifs is 1. The van der Waals surface area contributed by atoms with Crippen LogP contribution in [0.4, 0.5) is 0 Å². The number of carbonyl (C=O) groups is 3. The average Bonchev–Trinajstić information content (AvgIpc) is 3.00. The highest BCUT2D eigenvalue weighted by Crippen LogP contribution is 2.16. The van der Waals surface area contributed by atoms with Crippen molar-refractivity contribution in [2.45, 2.75) is 19.9 Å². The first-order valence-electron chi connectivity index (χ1n) is 8.28. The van der Waals surface area contributed by atoms with Gasteiger partial charge in [-0.3, -0.25) is 18.8 Å². The molecule has 0 saturated carbocycles. The van der Waals surface area contributed by atoms with Crippen LogP contribution in [-0.4, -0.2) is 69.6 Å². The lowest BCUT2D eigenvalue weighted by Crippen LogP contribution is -2.48. The van der Waals surface area contributed by atoms with Gasteiger partial charge in [0.15, 0.2) is 5.69 Å². The predicted octanol–water partition coefficient (Wildman–Crippen LogP) is 0.387. The second kappa shape index (κ2) is 6.92. The van der Waals surface area contributed by atoms with Crippen molar-refractivity contribution in [2.24, 2.45) is 0 Å². The third kappa shape index (κ3) is 3.33. The van der Waals surface area contributed by atoms with Crippen LogP contribution in [0.15, 0.2) is 24.4 Å². The molecule has 1 N–H and O–H groups in total. The van der Waals surface area contributed by atoms with Crippen LogP contribution in [0.3, 0.4) is 0 Å². The number of piperazine rings is 1. The molecule has 2 aromatic heterocycles. The minimum Gasteiger partial charge on any atom is -0.347 e. The van der Waals surface area contributed by atoms with Gasteiger partial charge in [-0.15, -0.1) is 0 Å². The topological polar surface area (TPSA) is 87.0 Å². The molecule has 3 amide bonds. The van der Waals surface area contributed by atoms with Gasteiger partial charge in [0, 0.05) is 38.4 Å². The summed E-state index contributed by atoms with van der Waals surface area (Å²) in [5.41, 5.74) is 0.855. The van der Waals surface area contributed by atoms with E-state index in [0.717, 1.165) is 6.41 Å². The Morgan fingerprint density at radius 2 is 1.92 bits per heavy atom. The fourth-order valence-electron chi connectivity index (χ4n) is 2.86. The lowest BCUT2D eigenvalue weighted by atomic mass is 10.2. The summed E-state index contributed by atoms with van der Waals surface area (Å²) in [5.74, 6) is -0.349. The third-order valence-corrected chi connectivity index (χ3v) is 4.12. The van der Waals surface area contributed by atoms with Crippen LogP contribution < -0.4 is 5.32 Å². The molecule has 2 aromatic rings. The quantitative estimate of drug-likeness (QED) is 0.814. The largest absolute Gasteiger partial charge is 0.347 e. The fourth-order valence-corrected chi connectivity index (χ4v) is 2.86. The van der Waals surface area contributed by atoms with Gasteiger partial charge in [0.25, 0.3) is 11.8 Å². The average molecular weight is 343 g/mol. The lowest BCUT2D eigenvalue weighted by Gasteiger charge is -2.32. The first-order chi connectivity index (χ1) is 12.0. The molecule has 0 unspecified atom stereocenters. The van der Waals surface area contributed by atoms with Gasteiger partial charge in [0.1, 0.15) is 0 Å². The van der Waals surface area contributed by atoms with Crippen molar-refractivity contribution in [2.75, 3.05) is 26.2 Å². The number of amides is 3. The van der Waals surface area contributed by atoms with E-state index in [9.17, 15) is 14.4 Å². The van der Waals surface area contributed by atoms with Crippen molar-refractivity contribution in [1.82, 2.24) is 24.5 Å². The number of carbonyl (C=O) groups excluding carboxylic acids is 3. The third-order valence-electron chi connectivity index (χ3n) is 4.12. The van der Waals surface area contributed by atoms with E-state index in [1.54, 1.807) is 32.5 Å². The minimum atomic E-state index is -0.318. The Hall–Kier alpha value is -2.90. The van der Waals surface area contributed by atoms with E-state index in [4.69, 9.17) is 0 Å². The minimum absolute atomic E-state index is 0.0286. The zero-order chi connectivity index (χ0) is 18.0. The number of imidazole rings is 1. The molecule has 3 rings (SSSR count). The Bertz CT molecular complexity index is 806. The molecule has 0 aliphatic carbocycles. The molecule has 8 heteroatoms. The maximum absolute atomic E-state index is 12.9. The van der Waals surface area contributed by atoms with Crippen molar-refractivity contribution in [3.8, 4) is 0 Å². The van der Waals surface area contributed by atoms with Crippen LogP contribution in [0.2, 0.25) is 0 Å². The van der Waals surface area contributed by atoms with Crippen LogP contribution in [0.1, 0.15) is 35.0 Å². The second-order valence-corrected chi connectivity index (χ2v) is 6.30. The fraction of sp³-hybridized carbons (Fsp3) is 0.412. The predicted molar refractivity (Wildman–Crippen MR) is 91.3 cm³/mol. The van der Waals surface area contributed by atoms with E-state index in [0.29, 0.717) is 31.7 Å². The molecular formula is C17H21N5O3. The lowest BCUT2D eigenvalue weighted by molar-refractivity contribution is -0.119. The molecule has 1 fully saturated rings. The maximum Gasteiger partial charge on any atom is 0.287 e. The van der Waals surface area contributed by atoms with Crippen molar-refractivity contribution in [1.29, 1.82) is 0 Å². The van der Waals surface area contributed by atoms with E-state index in [2.05, 4.69) is 10.3 Å². The summed E-state index contributed by atoms with van der Waals surface area (Å²) in [6.07, 6.45) is 2.51. The first-order valence-corrected chi connectivity index (χ1v) is 8.28. The summed E-state index contributed by atoms with van der Waals surface area (Å²) in [5, 5.41) is 2.80. The van der Waals surface area contributed by atoms with Crippen LogP contribution in [0.5, 0.6) is 0 Å². The van der Waals surface area contributed by atoms with E-state index in [-0.39, 0.29) is 29.4 Å². The zero-order valence-electron chi connectivity index (χ0n) is 14.3. The Balaban J connectivity index is 1.92. The number of nitrogens with one attached hydrogen (secondary N) is 1. The van der Waals surface area contributed by atoms with Gasteiger partial charge in [-0.05, 0) is 26.0 Å². The number of hydrogen-bond acceptors (Lipinski definition) is 4. The zero-order valence-corrected chi connectivity index (χ0v) is 14.3. The smallest absolute Gasteiger partial charge is 0.287 e. The van der Waals surface area contributed by atoms with Crippen molar-refractivity contribution in [3.63, 3.8) is 0 Å². The maximum atomic E-state index is 12.9. The molecule has 0 radical (unpaired) electrons. The van der Waals surface area contributed by atoms with Gasteiger partial charge < -0.3 is 15.1 Å². The van der Waals surface area contributed by atoms with Crippen molar-refractivity contribution in [3.05, 3.63) is 35.9 Å². The molecule has 0 spiro atoms. The molecule has 132 valence electrons. The Morgan fingerprint density at radius 3 is 2.56 bits per heavy atom. The Kier molecular flexibility index (Phi) is 4.69. The summed E-state index contributed by atoms with van der Waals surface area (Å²) in [4.78, 5) is 43.7. The van der Waals surface area contributed by atoms with Gasteiger partial charge in [-0.1, -0.05) is 6.07 Å². The van der Waals surface area contributed by atoms with E-state index >= 15 is 0 Å². The van der Waals surface area contributed by atoms with E-state index in [1.807, 2.05) is 19.9 Å². The van der Waals surface area contributed by atoms with E-state index in [1.165, 1.54) is 0 Å². The normalized spacial score (nSPS) is 14.8. The summed E-state index contributed by atoms with van der Waals surface area (Å²) >= 11 is 0. The summed E-state index contributed by atoms with van der Waals surface area (Å²) in [6.45, 7) is 5.65. The number of rotatable bonds is 4. The van der Waals surface area contributed by atoms with Gasteiger partial charge in [0.05, 0.1) is 5.52 Å². The number of nitrogens with zero attached hydrogens (tertiary/aromatic N) is 4. The highest BCUT2D eigenvalue weighted by atomic mass is 16.2. The monoisotopic (exact) mass is 343 g/mol. The molecule has 1 aliphatic heterocycles. The van der Waals surface area contributed by atoms with Crippen LogP contribution in [0.25, 0.3) is 5.52 Å². The highest BCUT2D eigenvalue weighted by molar-refractivity contribution is 6.02. The molecule has 0 bridgehead atoms. The van der Waals surface area contributed by atoms with Gasteiger partial charge >= 0.3 is 0 Å². The number of aromatic nitrogens is 2. The van der Waals surface area contributed by atoms with Crippen molar-refractivity contribution >= 4 is 23.7 Å². The van der Waals surface area contributed by atoms with Gasteiger partial charge in [-0.25, -0.2) is 4.98 Å². The van der Waals surface area contributed by atoms with Gasteiger partial charge in [0.2, 0.25) is 12.2 Å². The molecule has 25 heavy (non-hydrogen) atoms. The molecule has 3 heterocycles. The first kappa shape index (κ1) is 16.9. The number of pyridine rings is 1. The SMILES string of the molecule is CC(C)NC(=O)c1nc(C(=O)N2CCN(C=O)CC2)c2ccccn12. The second-order valence-electron chi connectivity index (χ2n) is 6.30. The molecular weight excluding hydrogens is 322 g/mol. The molecule has 8 nitrogen and oxygen atoms in total. The van der Waals surface area contributed by atoms with Crippen LogP contribution >= 0.6 is 0 Å².